The maximum atomic E-state index is 15.2. The van der Waals surface area contributed by atoms with Crippen molar-refractivity contribution < 1.29 is 19.0 Å². The highest BCUT2D eigenvalue weighted by atomic mass is 16.8. The molecule has 2 aliphatic rings. The summed E-state index contributed by atoms with van der Waals surface area (Å²) < 4.78 is 19.7. The third-order valence-corrected chi connectivity index (χ3v) is 9.60. The minimum Gasteiger partial charge on any atom is -0.382 e. The number of aromatic nitrogens is 2. The van der Waals surface area contributed by atoms with E-state index < -0.39 is 5.79 Å². The number of benzene rings is 4. The molecule has 4 atom stereocenters. The first-order valence-electron chi connectivity index (χ1n) is 17.2. The Kier molecular flexibility index (Phi) is 9.66. The number of carbonyl (C=O) groups is 1. The predicted molar refractivity (Wildman–Crippen MR) is 191 cm³/mol. The van der Waals surface area contributed by atoms with E-state index in [9.17, 15) is 0 Å². The van der Waals surface area contributed by atoms with Crippen LogP contribution >= 0.6 is 0 Å². The number of nitrogens with two attached hydrogens (primary N) is 1. The van der Waals surface area contributed by atoms with E-state index in [-0.39, 0.29) is 30.3 Å². The lowest BCUT2D eigenvalue weighted by Crippen LogP contribution is -2.52. The summed E-state index contributed by atoms with van der Waals surface area (Å²) >= 11 is 0. The van der Waals surface area contributed by atoms with Gasteiger partial charge in [0.05, 0.1) is 24.2 Å². The van der Waals surface area contributed by atoms with Gasteiger partial charge in [-0.05, 0) is 67.5 Å². The number of anilines is 1. The SMILES string of the molecule is CC1(C)O[C@@H]2[C@@H](O1)[C@@H](Cc1ccccc1)N(Cc1ccc3[nH]nc(N)c3c1)C(=O)N(CCCOCc1ccccc1)[C@@H]2Cc1ccccc1. The molecule has 0 radical (unpaired) electrons. The number of rotatable bonds is 12. The molecule has 1 aromatic heterocycles. The summed E-state index contributed by atoms with van der Waals surface area (Å²) in [6.07, 6.45) is 1.22. The number of nitrogens with zero attached hydrogens (tertiary/aromatic N) is 3. The largest absolute Gasteiger partial charge is 0.382 e. The van der Waals surface area contributed by atoms with Crippen LogP contribution in [0.25, 0.3) is 10.9 Å². The summed E-state index contributed by atoms with van der Waals surface area (Å²) in [4.78, 5) is 19.2. The van der Waals surface area contributed by atoms with E-state index in [2.05, 4.69) is 46.6 Å². The summed E-state index contributed by atoms with van der Waals surface area (Å²) in [5.41, 5.74) is 11.4. The molecular formula is C40H45N5O4. The topological polar surface area (TPSA) is 106 Å². The molecule has 2 amide bonds. The third kappa shape index (κ3) is 7.49. The molecule has 9 nitrogen and oxygen atoms in total. The van der Waals surface area contributed by atoms with Crippen molar-refractivity contribution in [2.45, 2.75) is 76.3 Å². The molecule has 4 aromatic carbocycles. The van der Waals surface area contributed by atoms with Gasteiger partial charge in [-0.3, -0.25) is 5.10 Å². The summed E-state index contributed by atoms with van der Waals surface area (Å²) in [6, 6.07) is 36.3. The minimum atomic E-state index is -0.820. The summed E-state index contributed by atoms with van der Waals surface area (Å²) in [6.45, 7) is 5.90. The number of fused-ring (bicyclic) bond motifs is 2. The van der Waals surface area contributed by atoms with Crippen LogP contribution in [0.1, 0.15) is 42.5 Å². The number of hydrogen-bond donors (Lipinski definition) is 2. The second-order valence-electron chi connectivity index (χ2n) is 13.6. The van der Waals surface area contributed by atoms with Gasteiger partial charge in [-0.15, -0.1) is 0 Å². The number of aromatic amines is 1. The van der Waals surface area contributed by atoms with Gasteiger partial charge in [0.15, 0.2) is 11.6 Å². The number of urea groups is 1. The van der Waals surface area contributed by atoms with Gasteiger partial charge in [-0.2, -0.15) is 5.10 Å². The highest BCUT2D eigenvalue weighted by molar-refractivity contribution is 5.89. The molecule has 7 rings (SSSR count). The van der Waals surface area contributed by atoms with Crippen molar-refractivity contribution in [2.75, 3.05) is 18.9 Å². The molecule has 2 saturated heterocycles. The molecule has 0 spiro atoms. The van der Waals surface area contributed by atoms with Gasteiger partial charge in [0.1, 0.15) is 12.2 Å². The van der Waals surface area contributed by atoms with Crippen molar-refractivity contribution in [1.82, 2.24) is 20.0 Å². The summed E-state index contributed by atoms with van der Waals surface area (Å²) in [5.74, 6) is -0.380. The second-order valence-corrected chi connectivity index (χ2v) is 13.6. The molecule has 3 heterocycles. The van der Waals surface area contributed by atoms with Crippen LogP contribution in [0.4, 0.5) is 10.6 Å². The van der Waals surface area contributed by atoms with Crippen LogP contribution in [0.2, 0.25) is 0 Å². The van der Waals surface area contributed by atoms with Gasteiger partial charge in [0, 0.05) is 25.1 Å². The molecule has 0 unspecified atom stereocenters. The van der Waals surface area contributed by atoms with Gasteiger partial charge in [0.2, 0.25) is 0 Å². The lowest BCUT2D eigenvalue weighted by atomic mass is 9.91. The molecule has 2 aliphatic heterocycles. The van der Waals surface area contributed by atoms with E-state index in [1.807, 2.05) is 96.4 Å². The number of H-pyrrole nitrogens is 1. The van der Waals surface area contributed by atoms with E-state index in [0.29, 0.717) is 51.4 Å². The van der Waals surface area contributed by atoms with Crippen molar-refractivity contribution in [3.05, 3.63) is 131 Å². The average Bonchev–Trinajstić information content (AvgIpc) is 3.63. The predicted octanol–water partition coefficient (Wildman–Crippen LogP) is 6.73. The molecule has 9 heteroatoms. The van der Waals surface area contributed by atoms with Gasteiger partial charge >= 0.3 is 6.03 Å². The van der Waals surface area contributed by atoms with Gasteiger partial charge in [0.25, 0.3) is 0 Å². The fourth-order valence-corrected chi connectivity index (χ4v) is 7.30. The Morgan fingerprint density at radius 1 is 0.776 bits per heavy atom. The first kappa shape index (κ1) is 32.8. The van der Waals surface area contributed by atoms with Gasteiger partial charge < -0.3 is 29.7 Å². The number of nitrogens with one attached hydrogen (secondary N) is 1. The van der Waals surface area contributed by atoms with Crippen molar-refractivity contribution in [3.63, 3.8) is 0 Å². The van der Waals surface area contributed by atoms with Crippen LogP contribution in [0, 0.1) is 0 Å². The first-order chi connectivity index (χ1) is 23.8. The average molecular weight is 660 g/mol. The number of amides is 2. The normalized spacial score (nSPS) is 22.0. The maximum absolute atomic E-state index is 15.2. The van der Waals surface area contributed by atoms with Crippen LogP contribution in [0.15, 0.2) is 109 Å². The van der Waals surface area contributed by atoms with E-state index in [1.54, 1.807) is 0 Å². The first-order valence-corrected chi connectivity index (χ1v) is 17.2. The molecule has 254 valence electrons. The minimum absolute atomic E-state index is 0.0374. The van der Waals surface area contributed by atoms with Crippen LogP contribution < -0.4 is 5.73 Å². The van der Waals surface area contributed by atoms with Crippen LogP contribution in [-0.2, 0) is 40.2 Å². The van der Waals surface area contributed by atoms with Crippen LogP contribution in [-0.4, -0.2) is 69.3 Å². The third-order valence-electron chi connectivity index (χ3n) is 9.60. The monoisotopic (exact) mass is 659 g/mol. The molecular weight excluding hydrogens is 614 g/mol. The van der Waals surface area contributed by atoms with Crippen molar-refractivity contribution in [3.8, 4) is 0 Å². The van der Waals surface area contributed by atoms with E-state index in [4.69, 9.17) is 19.9 Å². The van der Waals surface area contributed by atoms with Gasteiger partial charge in [-0.1, -0.05) is 97.1 Å². The van der Waals surface area contributed by atoms with E-state index in [1.165, 1.54) is 0 Å². The molecule has 5 aromatic rings. The van der Waals surface area contributed by atoms with Crippen molar-refractivity contribution >= 4 is 22.8 Å². The Morgan fingerprint density at radius 3 is 1.96 bits per heavy atom. The maximum Gasteiger partial charge on any atom is 0.321 e. The number of nitrogen functional groups attached to an aromatic ring is 1. The summed E-state index contributed by atoms with van der Waals surface area (Å²) in [5, 5.41) is 8.02. The Bertz CT molecular complexity index is 1830. The zero-order chi connectivity index (χ0) is 33.8. The second kappa shape index (κ2) is 14.4. The zero-order valence-electron chi connectivity index (χ0n) is 28.2. The van der Waals surface area contributed by atoms with E-state index in [0.717, 1.165) is 33.2 Å². The standard InChI is InChI=1S/C40H45N5O4/c1-40(2)48-36-34(24-28-13-6-3-7-14-28)44(21-12-22-47-27-30-17-10-5-11-18-30)39(46)45(26-31-19-20-33-32(23-31)38(41)43-42-33)35(37(36)49-40)25-29-15-8-4-9-16-29/h3-11,13-20,23,34-37H,12,21-22,24-27H2,1-2H3,(H3,41,42,43)/t34-,35-,36+,37+/m1/s1. The molecule has 0 aliphatic carbocycles. The van der Waals surface area contributed by atoms with Gasteiger partial charge in [-0.25, -0.2) is 4.79 Å². The molecule has 3 N–H and O–H groups in total. The highest BCUT2D eigenvalue weighted by Crippen LogP contribution is 2.40. The Morgan fingerprint density at radius 2 is 1.35 bits per heavy atom. The fraction of sp³-hybridized carbons (Fsp3) is 0.350. The van der Waals surface area contributed by atoms with Crippen LogP contribution in [0.5, 0.6) is 0 Å². The lowest BCUT2D eigenvalue weighted by molar-refractivity contribution is -0.157. The Labute approximate surface area is 288 Å². The van der Waals surface area contributed by atoms with Crippen molar-refractivity contribution in [1.29, 1.82) is 0 Å². The number of hydrogen-bond acceptors (Lipinski definition) is 6. The van der Waals surface area contributed by atoms with Crippen molar-refractivity contribution in [2.24, 2.45) is 0 Å². The van der Waals surface area contributed by atoms with E-state index >= 15 is 4.79 Å². The molecule has 49 heavy (non-hydrogen) atoms. The number of carbonyl (C=O) groups excluding carboxylic acids is 1. The summed E-state index contributed by atoms with van der Waals surface area (Å²) in [7, 11) is 0. The Hall–Kier alpha value is -4.70. The zero-order valence-corrected chi connectivity index (χ0v) is 28.2. The highest BCUT2D eigenvalue weighted by Gasteiger charge is 2.55. The van der Waals surface area contributed by atoms with Crippen LogP contribution in [0.3, 0.4) is 0 Å². The Balaban J connectivity index is 1.25. The number of ether oxygens (including phenoxy) is 3. The fourth-order valence-electron chi connectivity index (χ4n) is 7.30. The molecule has 0 saturated carbocycles. The quantitative estimate of drug-likeness (QED) is 0.144. The molecule has 2 fully saturated rings. The smallest absolute Gasteiger partial charge is 0.321 e. The molecule has 0 bridgehead atoms. The lowest BCUT2D eigenvalue weighted by Gasteiger charge is -2.37.